The summed E-state index contributed by atoms with van der Waals surface area (Å²) in [6.45, 7) is 1.75. The Morgan fingerprint density at radius 3 is 2.52 bits per heavy atom. The summed E-state index contributed by atoms with van der Waals surface area (Å²) in [6.07, 6.45) is 3.12. The number of rotatable bonds is 7. The lowest BCUT2D eigenvalue weighted by atomic mass is 10.1. The third-order valence-electron chi connectivity index (χ3n) is 5.50. The van der Waals surface area contributed by atoms with Crippen molar-refractivity contribution in [2.75, 3.05) is 18.9 Å². The fraction of sp³-hybridized carbons (Fsp3) is 0.192. The van der Waals surface area contributed by atoms with Gasteiger partial charge in [0.25, 0.3) is 5.91 Å². The van der Waals surface area contributed by atoms with Crippen molar-refractivity contribution in [3.05, 3.63) is 102 Å². The van der Waals surface area contributed by atoms with Crippen LogP contribution in [-0.4, -0.2) is 29.0 Å². The largest absolute Gasteiger partial charge is 0.350 e. The molecule has 0 saturated heterocycles. The van der Waals surface area contributed by atoms with Gasteiger partial charge >= 0.3 is 0 Å². The summed E-state index contributed by atoms with van der Waals surface area (Å²) in [5, 5.41) is 3.90. The number of hydrogen-bond acceptors (Lipinski definition) is 2. The molecule has 1 N–H and O–H groups in total. The Morgan fingerprint density at radius 2 is 1.77 bits per heavy atom. The first kappa shape index (κ1) is 20.8. The van der Waals surface area contributed by atoms with Crippen molar-refractivity contribution in [3.63, 3.8) is 0 Å². The van der Waals surface area contributed by atoms with Gasteiger partial charge in [-0.15, -0.1) is 0 Å². The Balaban J connectivity index is 1.50. The molecule has 4 aromatic rings. The van der Waals surface area contributed by atoms with E-state index in [9.17, 15) is 9.18 Å². The van der Waals surface area contributed by atoms with Crippen LogP contribution in [0.25, 0.3) is 10.9 Å². The van der Waals surface area contributed by atoms with Crippen molar-refractivity contribution in [1.29, 1.82) is 0 Å². The predicted molar refractivity (Wildman–Crippen MR) is 124 cm³/mol. The van der Waals surface area contributed by atoms with Crippen molar-refractivity contribution in [2.45, 2.75) is 13.0 Å². The molecule has 1 amide bonds. The van der Waals surface area contributed by atoms with Gasteiger partial charge in [0, 0.05) is 48.5 Å². The van der Waals surface area contributed by atoms with Crippen molar-refractivity contribution in [2.24, 2.45) is 7.05 Å². The summed E-state index contributed by atoms with van der Waals surface area (Å²) in [5.41, 5.74) is 4.75. The molecule has 0 fully saturated rings. The Kier molecular flexibility index (Phi) is 6.14. The zero-order valence-corrected chi connectivity index (χ0v) is 17.8. The van der Waals surface area contributed by atoms with E-state index in [1.165, 1.54) is 23.3 Å². The van der Waals surface area contributed by atoms with Crippen molar-refractivity contribution < 1.29 is 9.18 Å². The van der Waals surface area contributed by atoms with Crippen molar-refractivity contribution in [1.82, 2.24) is 9.47 Å². The monoisotopic (exact) mass is 415 g/mol. The summed E-state index contributed by atoms with van der Waals surface area (Å²) in [4.78, 5) is 15.0. The van der Waals surface area contributed by atoms with Gasteiger partial charge < -0.3 is 14.8 Å². The fourth-order valence-electron chi connectivity index (χ4n) is 3.81. The molecule has 0 saturated carbocycles. The lowest BCUT2D eigenvalue weighted by Gasteiger charge is -2.16. The maximum Gasteiger partial charge on any atom is 0.255 e. The molecule has 31 heavy (non-hydrogen) atoms. The second-order valence-electron chi connectivity index (χ2n) is 7.93. The molecule has 1 aromatic heterocycles. The van der Waals surface area contributed by atoms with E-state index in [0.717, 1.165) is 30.4 Å². The number of likely N-dealkylation sites (N-methyl/N-ethyl adjacent to an activating group) is 1. The normalized spacial score (nSPS) is 11.2. The highest BCUT2D eigenvalue weighted by Gasteiger charge is 2.13. The van der Waals surface area contributed by atoms with Gasteiger partial charge in [-0.1, -0.05) is 30.3 Å². The van der Waals surface area contributed by atoms with Crippen LogP contribution in [0.4, 0.5) is 10.1 Å². The molecule has 0 atom stereocenters. The number of halogens is 1. The van der Waals surface area contributed by atoms with E-state index < -0.39 is 0 Å². The van der Waals surface area contributed by atoms with Gasteiger partial charge in [0.05, 0.1) is 0 Å². The molecule has 158 valence electrons. The fourth-order valence-corrected chi connectivity index (χ4v) is 3.81. The van der Waals surface area contributed by atoms with E-state index in [1.54, 1.807) is 12.1 Å². The highest BCUT2D eigenvalue weighted by molar-refractivity contribution is 6.06. The summed E-state index contributed by atoms with van der Waals surface area (Å²) >= 11 is 0. The number of benzene rings is 3. The van der Waals surface area contributed by atoms with Gasteiger partial charge in [-0.3, -0.25) is 4.79 Å². The van der Waals surface area contributed by atoms with Gasteiger partial charge in [0.15, 0.2) is 0 Å². The van der Waals surface area contributed by atoms with Crippen LogP contribution in [0.1, 0.15) is 21.5 Å². The average molecular weight is 416 g/mol. The maximum atomic E-state index is 13.1. The Hall–Kier alpha value is -3.44. The molecule has 0 spiro atoms. The van der Waals surface area contributed by atoms with E-state index in [1.807, 2.05) is 31.3 Å². The van der Waals surface area contributed by atoms with Crippen LogP contribution in [0.5, 0.6) is 0 Å². The van der Waals surface area contributed by atoms with Crippen molar-refractivity contribution >= 4 is 22.5 Å². The highest BCUT2D eigenvalue weighted by Crippen LogP contribution is 2.24. The van der Waals surface area contributed by atoms with E-state index >= 15 is 0 Å². The Bertz CT molecular complexity index is 1180. The van der Waals surface area contributed by atoms with Gasteiger partial charge in [-0.25, -0.2) is 4.39 Å². The number of fused-ring (bicyclic) bond motifs is 1. The van der Waals surface area contributed by atoms with Crippen LogP contribution in [0.3, 0.4) is 0 Å². The zero-order valence-electron chi connectivity index (χ0n) is 17.8. The van der Waals surface area contributed by atoms with E-state index in [0.29, 0.717) is 11.3 Å². The molecule has 0 unspecified atom stereocenters. The highest BCUT2D eigenvalue weighted by atomic mass is 19.1. The maximum absolute atomic E-state index is 13.1. The second kappa shape index (κ2) is 9.14. The number of amides is 1. The molecule has 0 radical (unpaired) electrons. The van der Waals surface area contributed by atoms with Crippen LogP contribution < -0.4 is 5.32 Å². The predicted octanol–water partition coefficient (Wildman–Crippen LogP) is 5.24. The van der Waals surface area contributed by atoms with Crippen LogP contribution >= 0.6 is 0 Å². The quantitative estimate of drug-likeness (QED) is 0.448. The van der Waals surface area contributed by atoms with E-state index in [-0.39, 0.29) is 11.7 Å². The summed E-state index contributed by atoms with van der Waals surface area (Å²) in [7, 11) is 4.14. The van der Waals surface area contributed by atoms with Crippen LogP contribution in [0, 0.1) is 5.82 Å². The number of nitrogens with zero attached hydrogens (tertiary/aromatic N) is 2. The molecule has 0 aliphatic rings. The molecule has 0 aliphatic carbocycles. The number of carbonyl (C=O) groups is 1. The van der Waals surface area contributed by atoms with Crippen LogP contribution in [0.2, 0.25) is 0 Å². The molecule has 4 nitrogen and oxygen atoms in total. The molecular formula is C26H26FN3O. The first-order valence-electron chi connectivity index (χ1n) is 10.4. The Labute approximate surface area is 181 Å². The third kappa shape index (κ3) is 5.01. The minimum Gasteiger partial charge on any atom is -0.350 e. The van der Waals surface area contributed by atoms with Gasteiger partial charge in [-0.05, 0) is 67.1 Å². The lowest BCUT2D eigenvalue weighted by Crippen LogP contribution is -2.20. The molecule has 3 aromatic carbocycles. The number of nitrogens with one attached hydrogen (secondary N) is 1. The minimum absolute atomic E-state index is 0.208. The van der Waals surface area contributed by atoms with Crippen LogP contribution in [-0.2, 0) is 20.0 Å². The third-order valence-corrected chi connectivity index (χ3v) is 5.50. The number of hydrogen-bond donors (Lipinski definition) is 1. The number of carbonyl (C=O) groups excluding carboxylic acids is 1. The summed E-state index contributed by atoms with van der Waals surface area (Å²) < 4.78 is 15.2. The standard InChI is InChI=1S/C26H26FN3O/c1-29(15-14-19-6-4-3-5-7-19)17-21-18-30(2)25-13-8-20(16-24(21)25)26(31)28-23-11-9-22(27)10-12-23/h3-13,16,18H,14-15,17H2,1-2H3,(H,28,31). The zero-order chi connectivity index (χ0) is 21.8. The van der Waals surface area contributed by atoms with Gasteiger partial charge in [0.1, 0.15) is 5.82 Å². The Morgan fingerprint density at radius 1 is 1.03 bits per heavy atom. The second-order valence-corrected chi connectivity index (χ2v) is 7.93. The lowest BCUT2D eigenvalue weighted by molar-refractivity contribution is 0.102. The summed E-state index contributed by atoms with van der Waals surface area (Å²) in [5.74, 6) is -0.537. The molecular weight excluding hydrogens is 389 g/mol. The van der Waals surface area contributed by atoms with Crippen molar-refractivity contribution in [3.8, 4) is 0 Å². The van der Waals surface area contributed by atoms with Gasteiger partial charge in [0.2, 0.25) is 0 Å². The molecule has 4 rings (SSSR count). The first-order valence-corrected chi connectivity index (χ1v) is 10.4. The number of aromatic nitrogens is 1. The van der Waals surface area contributed by atoms with Crippen LogP contribution in [0.15, 0.2) is 79.0 Å². The summed E-state index contributed by atoms with van der Waals surface area (Å²) in [6, 6.07) is 22.0. The van der Waals surface area contributed by atoms with Gasteiger partial charge in [-0.2, -0.15) is 0 Å². The molecule has 1 heterocycles. The van der Waals surface area contributed by atoms with E-state index in [2.05, 4.69) is 52.3 Å². The van der Waals surface area contributed by atoms with E-state index in [4.69, 9.17) is 0 Å². The smallest absolute Gasteiger partial charge is 0.255 e. The number of anilines is 1. The molecule has 0 aliphatic heterocycles. The molecule has 5 heteroatoms. The number of aryl methyl sites for hydroxylation is 1. The SMILES string of the molecule is CN(CCc1ccccc1)Cc1cn(C)c2ccc(C(=O)Nc3ccc(F)cc3)cc12. The average Bonchev–Trinajstić information content (AvgIpc) is 3.09. The topological polar surface area (TPSA) is 37.3 Å². The minimum atomic E-state index is -0.329. The molecule has 0 bridgehead atoms. The first-order chi connectivity index (χ1) is 15.0.